The summed E-state index contributed by atoms with van der Waals surface area (Å²) in [7, 11) is 0. The average molecular weight is 223 g/mol. The second-order valence-electron chi connectivity index (χ2n) is 3.07. The number of carbonyl (C=O) groups excluding carboxylic acids is 1. The highest BCUT2D eigenvalue weighted by Gasteiger charge is 2.19. The van der Waals surface area contributed by atoms with E-state index in [9.17, 15) is 4.79 Å². The Hall–Kier alpha value is -1.49. The Kier molecular flexibility index (Phi) is 4.17. The average Bonchev–Trinajstić information content (AvgIpc) is 2.19. The van der Waals surface area contributed by atoms with E-state index in [4.69, 9.17) is 18.0 Å². The quantitative estimate of drug-likeness (QED) is 0.756. The number of thiocarbonyl (C=S) groups is 1. The molecule has 3 N–H and O–H groups in total. The summed E-state index contributed by atoms with van der Waals surface area (Å²) in [5.41, 5.74) is 5.45. The fourth-order valence-electron chi connectivity index (χ4n) is 1.17. The first-order valence-corrected chi connectivity index (χ1v) is 5.07. The summed E-state index contributed by atoms with van der Waals surface area (Å²) >= 11 is 4.81. The molecule has 1 atom stereocenters. The molecule has 0 aliphatic heterocycles. The molecule has 1 amide bonds. The molecule has 0 saturated heterocycles. The Labute approximate surface area is 93.9 Å². The van der Waals surface area contributed by atoms with Gasteiger partial charge in [-0.3, -0.25) is 4.79 Å². The van der Waals surface area contributed by atoms with E-state index < -0.39 is 5.92 Å². The minimum Gasteiger partial charge on any atom is -0.393 e. The van der Waals surface area contributed by atoms with Crippen LogP contribution in [0.15, 0.2) is 24.4 Å². The first-order chi connectivity index (χ1) is 7.15. The lowest BCUT2D eigenvalue weighted by molar-refractivity contribution is -0.118. The number of nitrogens with one attached hydrogen (secondary N) is 1. The van der Waals surface area contributed by atoms with Crippen LogP contribution in [0.5, 0.6) is 0 Å². The number of amides is 1. The van der Waals surface area contributed by atoms with Crippen molar-refractivity contribution < 1.29 is 4.79 Å². The number of aromatic nitrogens is 1. The van der Waals surface area contributed by atoms with Gasteiger partial charge in [-0.2, -0.15) is 0 Å². The Morgan fingerprint density at radius 1 is 1.67 bits per heavy atom. The van der Waals surface area contributed by atoms with Crippen LogP contribution in [-0.4, -0.2) is 15.9 Å². The molecule has 5 heteroatoms. The van der Waals surface area contributed by atoms with Gasteiger partial charge >= 0.3 is 0 Å². The van der Waals surface area contributed by atoms with E-state index in [2.05, 4.69) is 10.3 Å². The van der Waals surface area contributed by atoms with Crippen molar-refractivity contribution >= 4 is 28.9 Å². The van der Waals surface area contributed by atoms with Crippen LogP contribution in [0.4, 0.5) is 5.82 Å². The lowest BCUT2D eigenvalue weighted by Gasteiger charge is -2.12. The Bertz CT molecular complexity index is 353. The van der Waals surface area contributed by atoms with Crippen molar-refractivity contribution in [3.05, 3.63) is 24.4 Å². The van der Waals surface area contributed by atoms with Gasteiger partial charge in [-0.1, -0.05) is 25.2 Å². The van der Waals surface area contributed by atoms with Crippen molar-refractivity contribution in [1.82, 2.24) is 4.98 Å². The molecule has 1 heterocycles. The highest BCUT2D eigenvalue weighted by molar-refractivity contribution is 7.80. The van der Waals surface area contributed by atoms with Gasteiger partial charge in [0.25, 0.3) is 0 Å². The molecule has 0 fully saturated rings. The second-order valence-corrected chi connectivity index (χ2v) is 3.54. The molecule has 0 saturated carbocycles. The highest BCUT2D eigenvalue weighted by Crippen LogP contribution is 2.08. The van der Waals surface area contributed by atoms with E-state index in [0.717, 1.165) is 0 Å². The van der Waals surface area contributed by atoms with E-state index >= 15 is 0 Å². The molecular formula is C10H13N3OS. The minimum absolute atomic E-state index is 0.205. The van der Waals surface area contributed by atoms with E-state index in [1.807, 2.05) is 6.92 Å². The predicted molar refractivity (Wildman–Crippen MR) is 63.4 cm³/mol. The van der Waals surface area contributed by atoms with Crippen LogP contribution in [0, 0.1) is 5.92 Å². The molecule has 1 rings (SSSR count). The van der Waals surface area contributed by atoms with Crippen molar-refractivity contribution in [3.63, 3.8) is 0 Å². The van der Waals surface area contributed by atoms with Crippen LogP contribution < -0.4 is 11.1 Å². The van der Waals surface area contributed by atoms with Crippen molar-refractivity contribution in [2.45, 2.75) is 13.3 Å². The third kappa shape index (κ3) is 3.28. The molecule has 1 aromatic rings. The SMILES string of the molecule is CCC(C(=O)Nc1ccccn1)C(N)=S. The number of hydrogen-bond acceptors (Lipinski definition) is 3. The lowest BCUT2D eigenvalue weighted by atomic mass is 10.1. The van der Waals surface area contributed by atoms with Gasteiger partial charge in [-0.15, -0.1) is 0 Å². The molecule has 80 valence electrons. The van der Waals surface area contributed by atoms with E-state index in [1.165, 1.54) is 0 Å². The second kappa shape index (κ2) is 5.41. The Morgan fingerprint density at radius 2 is 2.40 bits per heavy atom. The molecule has 15 heavy (non-hydrogen) atoms. The number of nitrogens with zero attached hydrogens (tertiary/aromatic N) is 1. The standard InChI is InChI=1S/C10H13N3OS/c1-2-7(9(11)15)10(14)13-8-5-3-4-6-12-8/h3-7H,2H2,1H3,(H2,11,15)(H,12,13,14). The summed E-state index contributed by atoms with van der Waals surface area (Å²) < 4.78 is 0. The maximum absolute atomic E-state index is 11.7. The van der Waals surface area contributed by atoms with E-state index in [0.29, 0.717) is 12.2 Å². The molecule has 1 unspecified atom stereocenters. The van der Waals surface area contributed by atoms with Crippen LogP contribution in [-0.2, 0) is 4.79 Å². The van der Waals surface area contributed by atoms with Gasteiger partial charge in [0.05, 0.1) is 10.9 Å². The topological polar surface area (TPSA) is 68.0 Å². The van der Waals surface area contributed by atoms with Gasteiger partial charge in [-0.25, -0.2) is 4.98 Å². The predicted octanol–water partition coefficient (Wildman–Crippen LogP) is 1.33. The van der Waals surface area contributed by atoms with Gasteiger partial charge in [0.1, 0.15) is 5.82 Å². The van der Waals surface area contributed by atoms with Gasteiger partial charge < -0.3 is 11.1 Å². The minimum atomic E-state index is -0.429. The monoisotopic (exact) mass is 223 g/mol. The van der Waals surface area contributed by atoms with Crippen molar-refractivity contribution in [3.8, 4) is 0 Å². The van der Waals surface area contributed by atoms with E-state index in [1.54, 1.807) is 24.4 Å². The van der Waals surface area contributed by atoms with Crippen molar-refractivity contribution in [2.24, 2.45) is 11.7 Å². The molecule has 0 aliphatic carbocycles. The maximum Gasteiger partial charge on any atom is 0.235 e. The molecule has 0 bridgehead atoms. The van der Waals surface area contributed by atoms with Crippen LogP contribution >= 0.6 is 12.2 Å². The molecule has 0 spiro atoms. The molecule has 1 aromatic heterocycles. The first kappa shape index (κ1) is 11.6. The van der Waals surface area contributed by atoms with Gasteiger partial charge in [0.15, 0.2) is 0 Å². The fraction of sp³-hybridized carbons (Fsp3) is 0.300. The van der Waals surface area contributed by atoms with Crippen molar-refractivity contribution in [2.75, 3.05) is 5.32 Å². The smallest absolute Gasteiger partial charge is 0.235 e. The van der Waals surface area contributed by atoms with Crippen LogP contribution in [0.1, 0.15) is 13.3 Å². The summed E-state index contributed by atoms with van der Waals surface area (Å²) in [4.78, 5) is 15.9. The third-order valence-corrected chi connectivity index (χ3v) is 2.27. The fourth-order valence-corrected chi connectivity index (χ4v) is 1.44. The molecule has 0 aromatic carbocycles. The van der Waals surface area contributed by atoms with Gasteiger partial charge in [0, 0.05) is 6.20 Å². The molecule has 0 aliphatic rings. The van der Waals surface area contributed by atoms with Gasteiger partial charge in [-0.05, 0) is 18.6 Å². The zero-order valence-corrected chi connectivity index (χ0v) is 9.25. The number of hydrogen-bond donors (Lipinski definition) is 2. The number of rotatable bonds is 4. The molecular weight excluding hydrogens is 210 g/mol. The number of pyridine rings is 1. The molecule has 4 nitrogen and oxygen atoms in total. The normalized spacial score (nSPS) is 11.8. The lowest BCUT2D eigenvalue weighted by Crippen LogP contribution is -2.32. The summed E-state index contributed by atoms with van der Waals surface area (Å²) in [6.45, 7) is 1.86. The summed E-state index contributed by atoms with van der Waals surface area (Å²) in [5, 5.41) is 2.66. The van der Waals surface area contributed by atoms with Crippen LogP contribution in [0.25, 0.3) is 0 Å². The van der Waals surface area contributed by atoms with Crippen molar-refractivity contribution in [1.29, 1.82) is 0 Å². The number of nitrogens with two attached hydrogens (primary N) is 1. The third-order valence-electron chi connectivity index (χ3n) is 1.98. The van der Waals surface area contributed by atoms with Crippen LogP contribution in [0.2, 0.25) is 0 Å². The highest BCUT2D eigenvalue weighted by atomic mass is 32.1. The van der Waals surface area contributed by atoms with E-state index in [-0.39, 0.29) is 10.9 Å². The Balaban J connectivity index is 2.66. The number of carbonyl (C=O) groups is 1. The molecule has 0 radical (unpaired) electrons. The largest absolute Gasteiger partial charge is 0.393 e. The summed E-state index contributed by atoms with van der Waals surface area (Å²) in [6.07, 6.45) is 2.20. The zero-order chi connectivity index (χ0) is 11.3. The summed E-state index contributed by atoms with van der Waals surface area (Å²) in [5.74, 6) is -0.122. The first-order valence-electron chi connectivity index (χ1n) is 4.66. The summed E-state index contributed by atoms with van der Waals surface area (Å²) in [6, 6.07) is 5.29. The maximum atomic E-state index is 11.7. The Morgan fingerprint density at radius 3 is 2.87 bits per heavy atom. The van der Waals surface area contributed by atoms with Gasteiger partial charge in [0.2, 0.25) is 5.91 Å². The number of anilines is 1. The zero-order valence-electron chi connectivity index (χ0n) is 8.43. The van der Waals surface area contributed by atoms with Crippen LogP contribution in [0.3, 0.4) is 0 Å².